The lowest BCUT2D eigenvalue weighted by molar-refractivity contribution is 0.528. The fourth-order valence-electron chi connectivity index (χ4n) is 3.83. The Balaban J connectivity index is 1.74. The largest absolute Gasteiger partial charge is 0.330 e. The van der Waals surface area contributed by atoms with Crippen molar-refractivity contribution in [1.29, 1.82) is 0 Å². The van der Waals surface area contributed by atoms with Gasteiger partial charge >= 0.3 is 0 Å². The van der Waals surface area contributed by atoms with Gasteiger partial charge in [0, 0.05) is 0 Å². The van der Waals surface area contributed by atoms with Crippen LogP contribution in [0.1, 0.15) is 114 Å². The summed E-state index contributed by atoms with van der Waals surface area (Å²) >= 11 is 0. The maximum absolute atomic E-state index is 5.52. The number of benzene rings is 1. The molecule has 0 heterocycles. The molecule has 1 aromatic carbocycles. The standard InChI is InChI=1S/C25H45N/c1-24-20-17-18-22-25(24)21-16-14-12-10-8-6-4-2-3-5-7-9-11-13-15-19-23-26/h17-18,20,22H,2-16,19,21,23,26H2,1H3. The summed E-state index contributed by atoms with van der Waals surface area (Å²) in [6.07, 6.45) is 23.9. The molecule has 0 spiro atoms. The van der Waals surface area contributed by atoms with Crippen LogP contribution in [-0.2, 0) is 6.42 Å². The molecule has 0 radical (unpaired) electrons. The highest BCUT2D eigenvalue weighted by Crippen LogP contribution is 2.15. The lowest BCUT2D eigenvalue weighted by Crippen LogP contribution is -1.97. The third-order valence-corrected chi connectivity index (χ3v) is 5.66. The average Bonchev–Trinajstić information content (AvgIpc) is 2.65. The van der Waals surface area contributed by atoms with E-state index < -0.39 is 0 Å². The Morgan fingerprint density at radius 2 is 0.923 bits per heavy atom. The van der Waals surface area contributed by atoms with Gasteiger partial charge in [-0.15, -0.1) is 0 Å². The van der Waals surface area contributed by atoms with Crippen molar-refractivity contribution >= 4 is 0 Å². The number of aryl methyl sites for hydroxylation is 2. The van der Waals surface area contributed by atoms with Crippen LogP contribution in [0, 0.1) is 6.92 Å². The molecule has 1 heteroatoms. The number of unbranched alkanes of at least 4 members (excludes halogenated alkanes) is 15. The van der Waals surface area contributed by atoms with Crippen LogP contribution >= 0.6 is 0 Å². The molecule has 0 atom stereocenters. The zero-order valence-electron chi connectivity index (χ0n) is 17.6. The summed E-state index contributed by atoms with van der Waals surface area (Å²) in [5.74, 6) is 0. The van der Waals surface area contributed by atoms with E-state index in [0.717, 1.165) is 6.54 Å². The summed E-state index contributed by atoms with van der Waals surface area (Å²) in [7, 11) is 0. The van der Waals surface area contributed by atoms with Crippen LogP contribution in [0.25, 0.3) is 0 Å². The Labute approximate surface area is 164 Å². The first-order chi connectivity index (χ1) is 12.8. The van der Waals surface area contributed by atoms with Crippen LogP contribution in [0.2, 0.25) is 0 Å². The molecule has 0 saturated carbocycles. The Hall–Kier alpha value is -0.820. The molecule has 0 saturated heterocycles. The van der Waals surface area contributed by atoms with Gasteiger partial charge in [-0.2, -0.15) is 0 Å². The molecular formula is C25H45N. The van der Waals surface area contributed by atoms with E-state index in [4.69, 9.17) is 5.73 Å². The first-order valence-electron chi connectivity index (χ1n) is 11.6. The van der Waals surface area contributed by atoms with E-state index in [1.807, 2.05) is 0 Å². The van der Waals surface area contributed by atoms with Crippen molar-refractivity contribution in [2.24, 2.45) is 5.73 Å². The number of nitrogens with two attached hydrogens (primary N) is 1. The van der Waals surface area contributed by atoms with E-state index in [-0.39, 0.29) is 0 Å². The summed E-state index contributed by atoms with van der Waals surface area (Å²) in [6, 6.07) is 8.84. The summed E-state index contributed by atoms with van der Waals surface area (Å²) in [5.41, 5.74) is 8.52. The number of rotatable bonds is 18. The molecule has 1 nitrogen and oxygen atoms in total. The minimum absolute atomic E-state index is 0.868. The molecule has 1 rings (SSSR count). The quantitative estimate of drug-likeness (QED) is 0.266. The predicted octanol–water partition coefficient (Wildman–Crippen LogP) is 7.74. The maximum Gasteiger partial charge on any atom is -0.00773 e. The Morgan fingerprint density at radius 3 is 1.35 bits per heavy atom. The van der Waals surface area contributed by atoms with Gasteiger partial charge < -0.3 is 5.73 Å². The minimum atomic E-state index is 0.868. The van der Waals surface area contributed by atoms with Gasteiger partial charge in [0.15, 0.2) is 0 Å². The summed E-state index contributed by atoms with van der Waals surface area (Å²) in [4.78, 5) is 0. The Bertz CT molecular complexity index is 412. The smallest absolute Gasteiger partial charge is 0.00773 e. The Kier molecular flexibility index (Phi) is 15.7. The summed E-state index contributed by atoms with van der Waals surface area (Å²) in [6.45, 7) is 3.10. The first-order valence-corrected chi connectivity index (χ1v) is 11.6. The van der Waals surface area contributed by atoms with Crippen molar-refractivity contribution in [2.75, 3.05) is 6.54 Å². The zero-order valence-corrected chi connectivity index (χ0v) is 17.6. The van der Waals surface area contributed by atoms with Crippen LogP contribution in [0.4, 0.5) is 0 Å². The molecule has 0 unspecified atom stereocenters. The van der Waals surface area contributed by atoms with Gasteiger partial charge in [-0.25, -0.2) is 0 Å². The normalized spacial score (nSPS) is 11.2. The van der Waals surface area contributed by atoms with Crippen LogP contribution in [0.15, 0.2) is 24.3 Å². The zero-order chi connectivity index (χ0) is 18.7. The second kappa shape index (κ2) is 17.6. The van der Waals surface area contributed by atoms with Crippen LogP contribution in [0.5, 0.6) is 0 Å². The third kappa shape index (κ3) is 13.4. The molecule has 0 aliphatic rings. The fourth-order valence-corrected chi connectivity index (χ4v) is 3.83. The minimum Gasteiger partial charge on any atom is -0.330 e. The number of hydrogen-bond donors (Lipinski definition) is 1. The fraction of sp³-hybridized carbons (Fsp3) is 0.760. The van der Waals surface area contributed by atoms with Crippen molar-refractivity contribution in [2.45, 2.75) is 116 Å². The van der Waals surface area contributed by atoms with Gasteiger partial charge in [0.2, 0.25) is 0 Å². The highest BCUT2D eigenvalue weighted by Gasteiger charge is 1.98. The van der Waals surface area contributed by atoms with Crippen LogP contribution < -0.4 is 5.73 Å². The molecule has 0 fully saturated rings. The lowest BCUT2D eigenvalue weighted by Gasteiger charge is -2.05. The predicted molar refractivity (Wildman–Crippen MR) is 118 cm³/mol. The molecule has 150 valence electrons. The van der Waals surface area contributed by atoms with Gasteiger partial charge in [0.1, 0.15) is 0 Å². The highest BCUT2D eigenvalue weighted by atomic mass is 14.5. The molecule has 1 aromatic rings. The Morgan fingerprint density at radius 1 is 0.538 bits per heavy atom. The SMILES string of the molecule is Cc1ccccc1CCCCCCCCCCCCCCCCCCN. The molecule has 0 amide bonds. The maximum atomic E-state index is 5.52. The van der Waals surface area contributed by atoms with Gasteiger partial charge in [-0.3, -0.25) is 0 Å². The van der Waals surface area contributed by atoms with E-state index in [1.54, 1.807) is 5.56 Å². The van der Waals surface area contributed by atoms with Crippen molar-refractivity contribution in [3.63, 3.8) is 0 Å². The molecule has 0 aliphatic heterocycles. The van der Waals surface area contributed by atoms with E-state index >= 15 is 0 Å². The van der Waals surface area contributed by atoms with Gasteiger partial charge in [0.05, 0.1) is 0 Å². The van der Waals surface area contributed by atoms with Crippen molar-refractivity contribution in [1.82, 2.24) is 0 Å². The molecule has 0 bridgehead atoms. The van der Waals surface area contributed by atoms with Gasteiger partial charge in [0.25, 0.3) is 0 Å². The van der Waals surface area contributed by atoms with Crippen molar-refractivity contribution < 1.29 is 0 Å². The third-order valence-electron chi connectivity index (χ3n) is 5.66. The second-order valence-corrected chi connectivity index (χ2v) is 8.12. The van der Waals surface area contributed by atoms with Crippen molar-refractivity contribution in [3.8, 4) is 0 Å². The van der Waals surface area contributed by atoms with Crippen LogP contribution in [0.3, 0.4) is 0 Å². The molecule has 26 heavy (non-hydrogen) atoms. The molecular weight excluding hydrogens is 314 g/mol. The van der Waals surface area contributed by atoms with E-state index in [0.29, 0.717) is 0 Å². The topological polar surface area (TPSA) is 26.0 Å². The lowest BCUT2D eigenvalue weighted by atomic mass is 10.0. The number of hydrogen-bond acceptors (Lipinski definition) is 1. The summed E-state index contributed by atoms with van der Waals surface area (Å²) in [5, 5.41) is 0. The average molecular weight is 360 g/mol. The van der Waals surface area contributed by atoms with Crippen LogP contribution in [-0.4, -0.2) is 6.54 Å². The van der Waals surface area contributed by atoms with E-state index in [9.17, 15) is 0 Å². The monoisotopic (exact) mass is 359 g/mol. The summed E-state index contributed by atoms with van der Waals surface area (Å²) < 4.78 is 0. The second-order valence-electron chi connectivity index (χ2n) is 8.12. The molecule has 0 aromatic heterocycles. The van der Waals surface area contributed by atoms with Gasteiger partial charge in [-0.05, 0) is 43.9 Å². The van der Waals surface area contributed by atoms with E-state index in [1.165, 1.54) is 115 Å². The highest BCUT2D eigenvalue weighted by molar-refractivity contribution is 5.25. The molecule has 2 N–H and O–H groups in total. The van der Waals surface area contributed by atoms with Gasteiger partial charge in [-0.1, -0.05) is 114 Å². The molecule has 0 aliphatic carbocycles. The first kappa shape index (κ1) is 23.2. The van der Waals surface area contributed by atoms with Crippen molar-refractivity contribution in [3.05, 3.63) is 35.4 Å². The van der Waals surface area contributed by atoms with E-state index in [2.05, 4.69) is 31.2 Å².